The van der Waals surface area contributed by atoms with Gasteiger partial charge in [0.25, 0.3) is 5.56 Å². The van der Waals surface area contributed by atoms with Crippen LogP contribution in [0.15, 0.2) is 57.9 Å². The van der Waals surface area contributed by atoms with Crippen LogP contribution in [0.5, 0.6) is 0 Å². The highest BCUT2D eigenvalue weighted by Gasteiger charge is 2.11. The van der Waals surface area contributed by atoms with Crippen molar-refractivity contribution in [3.05, 3.63) is 69.1 Å². The quantitative estimate of drug-likeness (QED) is 0.510. The molecule has 0 aliphatic carbocycles. The van der Waals surface area contributed by atoms with Crippen LogP contribution in [0.25, 0.3) is 32.9 Å². The van der Waals surface area contributed by atoms with Gasteiger partial charge in [-0.15, -0.1) is 0 Å². The molecule has 2 heterocycles. The van der Waals surface area contributed by atoms with Gasteiger partial charge in [-0.25, -0.2) is 0 Å². The monoisotopic (exact) mass is 352 g/mol. The fourth-order valence-electron chi connectivity index (χ4n) is 2.91. The summed E-state index contributed by atoms with van der Waals surface area (Å²) in [6, 6.07) is 14.0. The molecule has 0 saturated heterocycles. The van der Waals surface area contributed by atoms with E-state index in [1.807, 2.05) is 49.5 Å². The standard InChI is InChI=1S/C18H13BrN2O/c1-10-6-11-8-13(18(22)21-17(11)15(19)7-10)14-9-20-16-5-3-2-4-12(14)16/h2-9,20H,1H3,(H,21,22). The van der Waals surface area contributed by atoms with Crippen molar-refractivity contribution in [2.45, 2.75) is 6.92 Å². The van der Waals surface area contributed by atoms with Crippen molar-refractivity contribution < 1.29 is 0 Å². The normalized spacial score (nSPS) is 11.4. The average Bonchev–Trinajstić information content (AvgIpc) is 2.91. The Hall–Kier alpha value is -2.33. The summed E-state index contributed by atoms with van der Waals surface area (Å²) in [7, 11) is 0. The molecular formula is C18H13BrN2O. The molecule has 4 heteroatoms. The van der Waals surface area contributed by atoms with Gasteiger partial charge in [-0.05, 0) is 52.7 Å². The second-order valence-electron chi connectivity index (χ2n) is 5.47. The number of hydrogen-bond donors (Lipinski definition) is 2. The Morgan fingerprint density at radius 1 is 1.05 bits per heavy atom. The van der Waals surface area contributed by atoms with E-state index >= 15 is 0 Å². The third kappa shape index (κ3) is 1.99. The lowest BCUT2D eigenvalue weighted by Gasteiger charge is -2.06. The number of aromatic nitrogens is 2. The number of halogens is 1. The number of aryl methyl sites for hydroxylation is 1. The molecule has 0 atom stereocenters. The van der Waals surface area contributed by atoms with Gasteiger partial charge in [-0.3, -0.25) is 4.79 Å². The first-order valence-corrected chi connectivity index (χ1v) is 7.82. The van der Waals surface area contributed by atoms with Crippen molar-refractivity contribution in [2.75, 3.05) is 0 Å². The molecule has 22 heavy (non-hydrogen) atoms. The smallest absolute Gasteiger partial charge is 0.256 e. The van der Waals surface area contributed by atoms with Gasteiger partial charge in [0.2, 0.25) is 0 Å². The van der Waals surface area contributed by atoms with Gasteiger partial charge in [-0.1, -0.05) is 18.2 Å². The van der Waals surface area contributed by atoms with Gasteiger partial charge in [0.05, 0.1) is 5.52 Å². The summed E-state index contributed by atoms with van der Waals surface area (Å²) in [4.78, 5) is 18.7. The number of rotatable bonds is 1. The number of benzene rings is 2. The molecular weight excluding hydrogens is 340 g/mol. The SMILES string of the molecule is Cc1cc(Br)c2[nH]c(=O)c(-c3c[nH]c4ccccc34)cc2c1. The van der Waals surface area contributed by atoms with Crippen molar-refractivity contribution in [3.8, 4) is 11.1 Å². The van der Waals surface area contributed by atoms with Crippen molar-refractivity contribution in [3.63, 3.8) is 0 Å². The number of pyridine rings is 1. The number of para-hydroxylation sites is 1. The number of H-pyrrole nitrogens is 2. The molecule has 0 spiro atoms. The zero-order chi connectivity index (χ0) is 15.3. The summed E-state index contributed by atoms with van der Waals surface area (Å²) in [5.74, 6) is 0. The summed E-state index contributed by atoms with van der Waals surface area (Å²) in [6.45, 7) is 2.04. The minimum atomic E-state index is -0.0817. The van der Waals surface area contributed by atoms with Crippen molar-refractivity contribution >= 4 is 37.7 Å². The van der Waals surface area contributed by atoms with Crippen molar-refractivity contribution in [1.82, 2.24) is 9.97 Å². The minimum Gasteiger partial charge on any atom is -0.361 e. The zero-order valence-electron chi connectivity index (χ0n) is 11.9. The first kappa shape index (κ1) is 13.3. The topological polar surface area (TPSA) is 48.6 Å². The van der Waals surface area contributed by atoms with Crippen LogP contribution in [-0.2, 0) is 0 Å². The lowest BCUT2D eigenvalue weighted by molar-refractivity contribution is 1.29. The van der Waals surface area contributed by atoms with Crippen LogP contribution < -0.4 is 5.56 Å². The second kappa shape index (κ2) is 4.85. The Morgan fingerprint density at radius 2 is 1.86 bits per heavy atom. The molecule has 4 rings (SSSR count). The third-order valence-electron chi connectivity index (χ3n) is 3.93. The molecule has 108 valence electrons. The van der Waals surface area contributed by atoms with Crippen LogP contribution in [0.2, 0.25) is 0 Å². The summed E-state index contributed by atoms with van der Waals surface area (Å²) < 4.78 is 0.907. The molecule has 4 aromatic rings. The third-order valence-corrected chi connectivity index (χ3v) is 4.55. The molecule has 0 saturated carbocycles. The highest BCUT2D eigenvalue weighted by Crippen LogP contribution is 2.29. The van der Waals surface area contributed by atoms with Gasteiger partial charge in [0.15, 0.2) is 0 Å². The molecule has 0 aliphatic rings. The summed E-state index contributed by atoms with van der Waals surface area (Å²) >= 11 is 3.52. The largest absolute Gasteiger partial charge is 0.361 e. The Balaban J connectivity index is 2.07. The van der Waals surface area contributed by atoms with E-state index in [-0.39, 0.29) is 5.56 Å². The first-order valence-electron chi connectivity index (χ1n) is 7.03. The summed E-state index contributed by atoms with van der Waals surface area (Å²) in [5.41, 5.74) is 4.54. The lowest BCUT2D eigenvalue weighted by atomic mass is 10.0. The molecule has 0 aliphatic heterocycles. The van der Waals surface area contributed by atoms with Gasteiger partial charge >= 0.3 is 0 Å². The summed E-state index contributed by atoms with van der Waals surface area (Å²) in [5, 5.41) is 2.07. The van der Waals surface area contributed by atoms with E-state index < -0.39 is 0 Å². The van der Waals surface area contributed by atoms with Gasteiger partial charge in [0, 0.05) is 38.1 Å². The van der Waals surface area contributed by atoms with E-state index in [0.29, 0.717) is 5.56 Å². The van der Waals surface area contributed by atoms with Crippen LogP contribution in [-0.4, -0.2) is 9.97 Å². The van der Waals surface area contributed by atoms with Crippen LogP contribution in [0, 0.1) is 6.92 Å². The number of aromatic amines is 2. The predicted molar refractivity (Wildman–Crippen MR) is 94.3 cm³/mol. The van der Waals surface area contributed by atoms with E-state index in [1.165, 1.54) is 0 Å². The van der Waals surface area contributed by atoms with Crippen LogP contribution in [0.1, 0.15) is 5.56 Å². The maximum Gasteiger partial charge on any atom is 0.256 e. The first-order chi connectivity index (χ1) is 10.6. The Labute approximate surface area is 135 Å². The zero-order valence-corrected chi connectivity index (χ0v) is 13.5. The minimum absolute atomic E-state index is 0.0817. The van der Waals surface area contributed by atoms with Crippen molar-refractivity contribution in [2.24, 2.45) is 0 Å². The Kier molecular flexibility index (Phi) is 2.94. The lowest BCUT2D eigenvalue weighted by Crippen LogP contribution is -2.08. The van der Waals surface area contributed by atoms with Gasteiger partial charge in [0.1, 0.15) is 0 Å². The van der Waals surface area contributed by atoms with Gasteiger partial charge in [-0.2, -0.15) is 0 Å². The molecule has 0 bridgehead atoms. The van der Waals surface area contributed by atoms with E-state index in [2.05, 4.69) is 32.0 Å². The fraction of sp³-hybridized carbons (Fsp3) is 0.0556. The molecule has 2 aromatic carbocycles. The van der Waals surface area contributed by atoms with E-state index in [9.17, 15) is 4.79 Å². The molecule has 0 fully saturated rings. The number of hydrogen-bond acceptors (Lipinski definition) is 1. The van der Waals surface area contributed by atoms with E-state index in [4.69, 9.17) is 0 Å². The van der Waals surface area contributed by atoms with Crippen LogP contribution in [0.3, 0.4) is 0 Å². The molecule has 0 radical (unpaired) electrons. The molecule has 2 aromatic heterocycles. The Morgan fingerprint density at radius 3 is 2.73 bits per heavy atom. The maximum absolute atomic E-state index is 12.5. The van der Waals surface area contributed by atoms with Crippen molar-refractivity contribution in [1.29, 1.82) is 0 Å². The van der Waals surface area contributed by atoms with E-state index in [0.717, 1.165) is 37.4 Å². The predicted octanol–water partition coefficient (Wildman–Crippen LogP) is 4.75. The number of fused-ring (bicyclic) bond motifs is 2. The fourth-order valence-corrected chi connectivity index (χ4v) is 3.60. The summed E-state index contributed by atoms with van der Waals surface area (Å²) in [6.07, 6.45) is 1.89. The molecule has 0 unspecified atom stereocenters. The maximum atomic E-state index is 12.5. The Bertz CT molecular complexity index is 1080. The molecule has 0 amide bonds. The molecule has 2 N–H and O–H groups in total. The van der Waals surface area contributed by atoms with Gasteiger partial charge < -0.3 is 9.97 Å². The molecule has 3 nitrogen and oxygen atoms in total. The highest BCUT2D eigenvalue weighted by molar-refractivity contribution is 9.10. The average molecular weight is 353 g/mol. The van der Waals surface area contributed by atoms with Crippen LogP contribution >= 0.6 is 15.9 Å². The number of nitrogens with one attached hydrogen (secondary N) is 2. The van der Waals surface area contributed by atoms with E-state index in [1.54, 1.807) is 0 Å². The second-order valence-corrected chi connectivity index (χ2v) is 6.33. The highest BCUT2D eigenvalue weighted by atomic mass is 79.9. The van der Waals surface area contributed by atoms with Crippen LogP contribution in [0.4, 0.5) is 0 Å².